The highest BCUT2D eigenvalue weighted by Gasteiger charge is 2.23. The van der Waals surface area contributed by atoms with Crippen molar-refractivity contribution >= 4 is 12.3 Å². The second-order valence-corrected chi connectivity index (χ2v) is 4.12. The van der Waals surface area contributed by atoms with Crippen molar-refractivity contribution < 1.29 is 19.1 Å². The standard InChI is InChI=1S/C16H14O4/c1-19-16(18)15(13-5-3-2-4-6-13)20-14-9-7-12(11-17)8-10-14/h2-11,15H,1H3/t15-/m1/s1. The minimum atomic E-state index is -0.830. The molecular formula is C16H14O4. The number of hydrogen-bond acceptors (Lipinski definition) is 4. The molecule has 20 heavy (non-hydrogen) atoms. The molecule has 0 fully saturated rings. The van der Waals surface area contributed by atoms with Gasteiger partial charge in [-0.05, 0) is 24.3 Å². The molecule has 0 aliphatic rings. The molecule has 2 aromatic carbocycles. The van der Waals surface area contributed by atoms with Crippen molar-refractivity contribution in [2.24, 2.45) is 0 Å². The van der Waals surface area contributed by atoms with Crippen molar-refractivity contribution in [2.45, 2.75) is 6.10 Å². The van der Waals surface area contributed by atoms with Gasteiger partial charge in [-0.15, -0.1) is 0 Å². The molecule has 0 radical (unpaired) electrons. The van der Waals surface area contributed by atoms with Gasteiger partial charge in [-0.3, -0.25) is 4.79 Å². The molecule has 0 aromatic heterocycles. The summed E-state index contributed by atoms with van der Waals surface area (Å²) in [6.45, 7) is 0. The molecule has 0 aliphatic carbocycles. The first-order valence-electron chi connectivity index (χ1n) is 6.09. The number of ether oxygens (including phenoxy) is 2. The topological polar surface area (TPSA) is 52.6 Å². The number of aldehydes is 1. The third-order valence-electron chi connectivity index (χ3n) is 2.79. The van der Waals surface area contributed by atoms with Crippen LogP contribution in [0, 0.1) is 0 Å². The fourth-order valence-electron chi connectivity index (χ4n) is 1.75. The molecule has 0 N–H and O–H groups in total. The van der Waals surface area contributed by atoms with Crippen LogP contribution >= 0.6 is 0 Å². The highest BCUT2D eigenvalue weighted by Crippen LogP contribution is 2.23. The van der Waals surface area contributed by atoms with Gasteiger partial charge in [-0.1, -0.05) is 30.3 Å². The van der Waals surface area contributed by atoms with E-state index in [0.29, 0.717) is 16.9 Å². The van der Waals surface area contributed by atoms with Crippen molar-refractivity contribution in [1.29, 1.82) is 0 Å². The summed E-state index contributed by atoms with van der Waals surface area (Å²) in [6, 6.07) is 15.6. The molecule has 0 bridgehead atoms. The summed E-state index contributed by atoms with van der Waals surface area (Å²) in [4.78, 5) is 22.4. The zero-order valence-electron chi connectivity index (χ0n) is 11.0. The van der Waals surface area contributed by atoms with E-state index in [1.54, 1.807) is 36.4 Å². The van der Waals surface area contributed by atoms with E-state index >= 15 is 0 Å². The minimum Gasteiger partial charge on any atom is -0.474 e. The lowest BCUT2D eigenvalue weighted by atomic mass is 10.1. The zero-order chi connectivity index (χ0) is 14.4. The first-order valence-corrected chi connectivity index (χ1v) is 6.09. The summed E-state index contributed by atoms with van der Waals surface area (Å²) in [6.07, 6.45) is -0.0815. The van der Waals surface area contributed by atoms with Crippen molar-refractivity contribution in [3.8, 4) is 5.75 Å². The zero-order valence-corrected chi connectivity index (χ0v) is 11.0. The molecule has 4 nitrogen and oxygen atoms in total. The highest BCUT2D eigenvalue weighted by atomic mass is 16.6. The van der Waals surface area contributed by atoms with Gasteiger partial charge in [0, 0.05) is 11.1 Å². The van der Waals surface area contributed by atoms with Crippen LogP contribution in [0.4, 0.5) is 0 Å². The smallest absolute Gasteiger partial charge is 0.351 e. The van der Waals surface area contributed by atoms with Crippen molar-refractivity contribution in [2.75, 3.05) is 7.11 Å². The summed E-state index contributed by atoms with van der Waals surface area (Å²) in [7, 11) is 1.32. The third kappa shape index (κ3) is 3.23. The van der Waals surface area contributed by atoms with Gasteiger partial charge in [-0.2, -0.15) is 0 Å². The van der Waals surface area contributed by atoms with Crippen LogP contribution in [0.25, 0.3) is 0 Å². The summed E-state index contributed by atoms with van der Waals surface area (Å²) in [5.74, 6) is 0.0190. The van der Waals surface area contributed by atoms with E-state index in [9.17, 15) is 9.59 Å². The predicted molar refractivity (Wildman–Crippen MR) is 73.7 cm³/mol. The van der Waals surface area contributed by atoms with E-state index in [-0.39, 0.29) is 0 Å². The molecule has 102 valence electrons. The van der Waals surface area contributed by atoms with Crippen molar-refractivity contribution in [3.63, 3.8) is 0 Å². The summed E-state index contributed by atoms with van der Waals surface area (Å²) < 4.78 is 10.4. The Morgan fingerprint density at radius 1 is 1.05 bits per heavy atom. The van der Waals surface area contributed by atoms with Gasteiger partial charge in [0.1, 0.15) is 12.0 Å². The lowest BCUT2D eigenvalue weighted by Gasteiger charge is -2.17. The molecular weight excluding hydrogens is 256 g/mol. The van der Waals surface area contributed by atoms with Crippen LogP contribution in [0.15, 0.2) is 54.6 Å². The average Bonchev–Trinajstić information content (AvgIpc) is 2.53. The van der Waals surface area contributed by atoms with Gasteiger partial charge < -0.3 is 9.47 Å². The maximum absolute atomic E-state index is 11.8. The van der Waals surface area contributed by atoms with E-state index < -0.39 is 12.1 Å². The Balaban J connectivity index is 2.23. The van der Waals surface area contributed by atoms with Gasteiger partial charge in [0.05, 0.1) is 7.11 Å². The van der Waals surface area contributed by atoms with E-state index in [0.717, 1.165) is 6.29 Å². The quantitative estimate of drug-likeness (QED) is 0.619. The highest BCUT2D eigenvalue weighted by molar-refractivity contribution is 5.77. The normalized spacial score (nSPS) is 11.4. The van der Waals surface area contributed by atoms with Gasteiger partial charge in [0.2, 0.25) is 6.10 Å². The molecule has 0 spiro atoms. The first kappa shape index (κ1) is 13.8. The molecule has 0 heterocycles. The summed E-state index contributed by atoms with van der Waals surface area (Å²) in [5, 5.41) is 0. The van der Waals surface area contributed by atoms with Crippen molar-refractivity contribution in [3.05, 3.63) is 65.7 Å². The molecule has 4 heteroatoms. The van der Waals surface area contributed by atoms with Crippen LogP contribution in [0.1, 0.15) is 22.0 Å². The number of hydrogen-bond donors (Lipinski definition) is 0. The lowest BCUT2D eigenvalue weighted by molar-refractivity contribution is -0.149. The number of carbonyl (C=O) groups excluding carboxylic acids is 2. The molecule has 1 atom stereocenters. The van der Waals surface area contributed by atoms with Gasteiger partial charge in [0.15, 0.2) is 0 Å². The van der Waals surface area contributed by atoms with E-state index in [1.807, 2.05) is 18.2 Å². The van der Waals surface area contributed by atoms with E-state index in [4.69, 9.17) is 9.47 Å². The molecule has 0 amide bonds. The number of esters is 1. The Morgan fingerprint density at radius 2 is 1.70 bits per heavy atom. The van der Waals surface area contributed by atoms with Crippen LogP contribution in [-0.2, 0) is 9.53 Å². The molecule has 2 rings (SSSR count). The second kappa shape index (κ2) is 6.52. The molecule has 0 saturated heterocycles. The Bertz CT molecular complexity index is 575. The fourth-order valence-corrected chi connectivity index (χ4v) is 1.75. The predicted octanol–water partition coefficient (Wildman–Crippen LogP) is 2.79. The monoisotopic (exact) mass is 270 g/mol. The van der Waals surface area contributed by atoms with Crippen LogP contribution < -0.4 is 4.74 Å². The SMILES string of the molecule is COC(=O)[C@H](Oc1ccc(C=O)cc1)c1ccccc1. The van der Waals surface area contributed by atoms with E-state index in [1.165, 1.54) is 7.11 Å². The molecule has 0 unspecified atom stereocenters. The van der Waals surface area contributed by atoms with Crippen molar-refractivity contribution in [1.82, 2.24) is 0 Å². The molecule has 0 saturated carbocycles. The molecule has 2 aromatic rings. The number of rotatable bonds is 5. The Labute approximate surface area is 116 Å². The maximum atomic E-state index is 11.8. The molecule has 0 aliphatic heterocycles. The number of carbonyl (C=O) groups is 2. The second-order valence-electron chi connectivity index (χ2n) is 4.12. The Morgan fingerprint density at radius 3 is 2.25 bits per heavy atom. The van der Waals surface area contributed by atoms with E-state index in [2.05, 4.69) is 0 Å². The number of methoxy groups -OCH3 is 1. The van der Waals surface area contributed by atoms with Crippen LogP contribution in [0.2, 0.25) is 0 Å². The maximum Gasteiger partial charge on any atom is 0.351 e. The van der Waals surface area contributed by atoms with Crippen LogP contribution in [0.3, 0.4) is 0 Å². The third-order valence-corrected chi connectivity index (χ3v) is 2.79. The largest absolute Gasteiger partial charge is 0.474 e. The first-order chi connectivity index (χ1) is 9.74. The minimum absolute atomic E-state index is 0.476. The van der Waals surface area contributed by atoms with Gasteiger partial charge >= 0.3 is 5.97 Å². The lowest BCUT2D eigenvalue weighted by Crippen LogP contribution is -2.20. The Kier molecular flexibility index (Phi) is 4.50. The number of benzene rings is 2. The summed E-state index contributed by atoms with van der Waals surface area (Å²) >= 11 is 0. The average molecular weight is 270 g/mol. The summed E-state index contributed by atoms with van der Waals surface area (Å²) in [5.41, 5.74) is 1.26. The van der Waals surface area contributed by atoms with Gasteiger partial charge in [0.25, 0.3) is 0 Å². The van der Waals surface area contributed by atoms with Crippen LogP contribution in [-0.4, -0.2) is 19.4 Å². The Hall–Kier alpha value is -2.62. The van der Waals surface area contributed by atoms with Crippen LogP contribution in [0.5, 0.6) is 5.75 Å². The van der Waals surface area contributed by atoms with Gasteiger partial charge in [-0.25, -0.2) is 4.79 Å². The fraction of sp³-hybridized carbons (Fsp3) is 0.125.